The zero-order valence-corrected chi connectivity index (χ0v) is 16.4. The lowest BCUT2D eigenvalue weighted by atomic mass is 10.1. The summed E-state index contributed by atoms with van der Waals surface area (Å²) in [6.45, 7) is 3.96. The number of carbonyl (C=O) groups is 1. The number of hydrazine groups is 1. The number of nitrogens with one attached hydrogen (secondary N) is 4. The topological polar surface area (TPSA) is 108 Å². The molecule has 2 aromatic rings. The lowest BCUT2D eigenvalue weighted by Gasteiger charge is -2.14. The van der Waals surface area contributed by atoms with Gasteiger partial charge in [-0.2, -0.15) is 0 Å². The summed E-state index contributed by atoms with van der Waals surface area (Å²) in [6, 6.07) is 10.4. The molecular formula is C19H21N5O3S. The fourth-order valence-electron chi connectivity index (χ4n) is 2.62. The van der Waals surface area contributed by atoms with E-state index in [-0.39, 0.29) is 22.4 Å². The van der Waals surface area contributed by atoms with Gasteiger partial charge in [-0.1, -0.05) is 12.1 Å². The van der Waals surface area contributed by atoms with E-state index in [1.165, 1.54) is 12.1 Å². The van der Waals surface area contributed by atoms with E-state index in [2.05, 4.69) is 21.5 Å². The highest BCUT2D eigenvalue weighted by atomic mass is 32.1. The number of nitrogens with zero attached hydrogens (tertiary/aromatic N) is 1. The summed E-state index contributed by atoms with van der Waals surface area (Å²) in [4.78, 5) is 23.2. The first-order chi connectivity index (χ1) is 13.3. The van der Waals surface area contributed by atoms with Crippen LogP contribution in [-0.4, -0.2) is 22.0 Å². The van der Waals surface area contributed by atoms with Crippen LogP contribution in [0.25, 0.3) is 0 Å². The smallest absolute Gasteiger partial charge is 0.293 e. The van der Waals surface area contributed by atoms with E-state index in [9.17, 15) is 14.9 Å². The van der Waals surface area contributed by atoms with E-state index in [1.54, 1.807) is 6.07 Å². The predicted octanol–water partition coefficient (Wildman–Crippen LogP) is 3.42. The molecule has 4 N–H and O–H groups in total. The summed E-state index contributed by atoms with van der Waals surface area (Å²) in [5.74, 6) is -0.522. The van der Waals surface area contributed by atoms with Crippen LogP contribution < -0.4 is 21.5 Å². The maximum Gasteiger partial charge on any atom is 0.293 e. The van der Waals surface area contributed by atoms with Gasteiger partial charge in [0.05, 0.1) is 4.92 Å². The van der Waals surface area contributed by atoms with Crippen LogP contribution in [0.5, 0.6) is 0 Å². The quantitative estimate of drug-likeness (QED) is 0.347. The number of nitro groups is 1. The van der Waals surface area contributed by atoms with Crippen LogP contribution in [0.2, 0.25) is 0 Å². The van der Waals surface area contributed by atoms with Crippen LogP contribution >= 0.6 is 12.2 Å². The molecule has 3 rings (SSSR count). The average Bonchev–Trinajstić information content (AvgIpc) is 3.47. The van der Waals surface area contributed by atoms with E-state index in [4.69, 9.17) is 12.2 Å². The highest BCUT2D eigenvalue weighted by molar-refractivity contribution is 7.80. The zero-order valence-electron chi connectivity index (χ0n) is 15.5. The molecule has 0 atom stereocenters. The normalized spacial score (nSPS) is 12.8. The number of anilines is 2. The molecule has 0 aromatic heterocycles. The van der Waals surface area contributed by atoms with Gasteiger partial charge in [-0.05, 0) is 68.2 Å². The molecule has 0 saturated heterocycles. The summed E-state index contributed by atoms with van der Waals surface area (Å²) >= 11 is 5.19. The molecule has 1 aliphatic rings. The van der Waals surface area contributed by atoms with Crippen molar-refractivity contribution in [1.29, 1.82) is 0 Å². The molecule has 1 fully saturated rings. The van der Waals surface area contributed by atoms with Crippen molar-refractivity contribution in [3.63, 3.8) is 0 Å². The van der Waals surface area contributed by atoms with Gasteiger partial charge in [0.15, 0.2) is 5.11 Å². The Bertz CT molecular complexity index is 943. The largest absolute Gasteiger partial charge is 0.377 e. The van der Waals surface area contributed by atoms with E-state index >= 15 is 0 Å². The van der Waals surface area contributed by atoms with E-state index < -0.39 is 10.8 Å². The van der Waals surface area contributed by atoms with E-state index in [1.807, 2.05) is 32.0 Å². The first-order valence-electron chi connectivity index (χ1n) is 8.83. The molecular weight excluding hydrogens is 378 g/mol. The minimum Gasteiger partial charge on any atom is -0.377 e. The maximum absolute atomic E-state index is 12.3. The van der Waals surface area contributed by atoms with E-state index in [0.29, 0.717) is 5.69 Å². The van der Waals surface area contributed by atoms with Gasteiger partial charge in [-0.3, -0.25) is 25.8 Å². The zero-order chi connectivity index (χ0) is 20.3. The van der Waals surface area contributed by atoms with Crippen molar-refractivity contribution in [2.45, 2.75) is 32.7 Å². The molecule has 2 aromatic carbocycles. The molecule has 0 heterocycles. The standard InChI is InChI=1S/C19H21N5O3S/c1-11-4-3-5-15(12(11)2)21-19(28)23-22-18(25)13-6-9-16(20-14-7-8-14)17(10-13)24(26)27/h3-6,9-10,14,20H,7-8H2,1-2H3,(H,22,25)(H2,21,23,28). The van der Waals surface area contributed by atoms with Crippen molar-refractivity contribution in [2.75, 3.05) is 10.6 Å². The minimum absolute atomic E-state index is 0.129. The first-order valence-corrected chi connectivity index (χ1v) is 9.24. The third-order valence-corrected chi connectivity index (χ3v) is 4.74. The summed E-state index contributed by atoms with van der Waals surface area (Å²) in [7, 11) is 0. The predicted molar refractivity (Wildman–Crippen MR) is 112 cm³/mol. The van der Waals surface area contributed by atoms with Crippen LogP contribution in [0.1, 0.15) is 34.3 Å². The molecule has 1 saturated carbocycles. The van der Waals surface area contributed by atoms with Crippen molar-refractivity contribution < 1.29 is 9.72 Å². The molecule has 28 heavy (non-hydrogen) atoms. The van der Waals surface area contributed by atoms with Gasteiger partial charge < -0.3 is 10.6 Å². The lowest BCUT2D eigenvalue weighted by Crippen LogP contribution is -2.43. The molecule has 0 aliphatic heterocycles. The summed E-state index contributed by atoms with van der Waals surface area (Å²) in [6.07, 6.45) is 1.99. The second-order valence-electron chi connectivity index (χ2n) is 6.69. The third kappa shape index (κ3) is 4.74. The number of hydrogen-bond acceptors (Lipinski definition) is 5. The van der Waals surface area contributed by atoms with Crippen LogP contribution in [-0.2, 0) is 0 Å². The number of amides is 1. The fourth-order valence-corrected chi connectivity index (χ4v) is 2.78. The maximum atomic E-state index is 12.3. The fraction of sp³-hybridized carbons (Fsp3) is 0.263. The Kier molecular flexibility index (Phi) is 5.74. The van der Waals surface area contributed by atoms with Gasteiger partial charge in [0.2, 0.25) is 0 Å². The van der Waals surface area contributed by atoms with Crippen LogP contribution in [0.4, 0.5) is 17.1 Å². The Labute approximate surface area is 167 Å². The number of benzene rings is 2. The lowest BCUT2D eigenvalue weighted by molar-refractivity contribution is -0.384. The van der Waals surface area contributed by atoms with Crippen LogP contribution in [0, 0.1) is 24.0 Å². The molecule has 8 nitrogen and oxygen atoms in total. The highest BCUT2D eigenvalue weighted by Crippen LogP contribution is 2.31. The number of nitro benzene ring substituents is 1. The SMILES string of the molecule is Cc1cccc(NC(=S)NNC(=O)c2ccc(NC3CC3)c([N+](=O)[O-])c2)c1C. The summed E-state index contributed by atoms with van der Waals surface area (Å²) in [5, 5.41) is 17.6. The Morgan fingerprint density at radius 1 is 1.14 bits per heavy atom. The number of thiocarbonyl (C=S) groups is 1. The Balaban J connectivity index is 1.62. The second-order valence-corrected chi connectivity index (χ2v) is 7.10. The molecule has 9 heteroatoms. The summed E-state index contributed by atoms with van der Waals surface area (Å²) in [5.41, 5.74) is 8.52. The highest BCUT2D eigenvalue weighted by Gasteiger charge is 2.25. The Morgan fingerprint density at radius 3 is 2.57 bits per heavy atom. The molecule has 1 amide bonds. The average molecular weight is 399 g/mol. The van der Waals surface area contributed by atoms with Gasteiger partial charge >= 0.3 is 0 Å². The number of hydrogen-bond donors (Lipinski definition) is 4. The Hall–Kier alpha value is -3.20. The number of rotatable bonds is 5. The Morgan fingerprint density at radius 2 is 1.89 bits per heavy atom. The van der Waals surface area contributed by atoms with Crippen molar-refractivity contribution in [3.8, 4) is 0 Å². The molecule has 1 aliphatic carbocycles. The number of carbonyl (C=O) groups excluding carboxylic acids is 1. The van der Waals surface area contributed by atoms with Gasteiger partial charge in [-0.25, -0.2) is 0 Å². The van der Waals surface area contributed by atoms with Gasteiger partial charge in [-0.15, -0.1) is 0 Å². The van der Waals surface area contributed by atoms with E-state index in [0.717, 1.165) is 29.7 Å². The number of aryl methyl sites for hydroxylation is 1. The van der Waals surface area contributed by atoms with Gasteiger partial charge in [0.25, 0.3) is 11.6 Å². The molecule has 0 unspecified atom stereocenters. The molecule has 146 valence electrons. The van der Waals surface area contributed by atoms with Gasteiger partial charge in [0.1, 0.15) is 5.69 Å². The molecule has 0 spiro atoms. The second kappa shape index (κ2) is 8.22. The first kappa shape index (κ1) is 19.6. The van der Waals surface area contributed by atoms with Crippen molar-refractivity contribution in [1.82, 2.24) is 10.9 Å². The summed E-state index contributed by atoms with van der Waals surface area (Å²) < 4.78 is 0. The third-order valence-electron chi connectivity index (χ3n) is 4.54. The molecule has 0 bridgehead atoms. The minimum atomic E-state index is -0.522. The van der Waals surface area contributed by atoms with Crippen molar-refractivity contribution >= 4 is 40.3 Å². The van der Waals surface area contributed by atoms with Crippen molar-refractivity contribution in [2.24, 2.45) is 0 Å². The van der Waals surface area contributed by atoms with Crippen LogP contribution in [0.15, 0.2) is 36.4 Å². The van der Waals surface area contributed by atoms with Crippen molar-refractivity contribution in [3.05, 3.63) is 63.2 Å². The van der Waals surface area contributed by atoms with Crippen LogP contribution in [0.3, 0.4) is 0 Å². The molecule has 0 radical (unpaired) electrons. The monoisotopic (exact) mass is 399 g/mol. The van der Waals surface area contributed by atoms with Gasteiger partial charge in [0, 0.05) is 23.4 Å².